The van der Waals surface area contributed by atoms with Gasteiger partial charge in [-0.3, -0.25) is 25.1 Å². The molecule has 0 aliphatic rings. The van der Waals surface area contributed by atoms with E-state index in [-0.39, 0.29) is 16.9 Å². The molecule has 4 N–H and O–H groups in total. The lowest BCUT2D eigenvalue weighted by Gasteiger charge is -2.06. The van der Waals surface area contributed by atoms with Gasteiger partial charge < -0.3 is 5.32 Å². The lowest BCUT2D eigenvalue weighted by molar-refractivity contribution is -0.385. The molecular weight excluding hydrogens is 252 g/mol. The normalized spacial score (nSPS) is 10.7. The number of nitro groups is 1. The number of nitrogens with zero attached hydrogens (tertiary/aromatic N) is 1. The highest BCUT2D eigenvalue weighted by molar-refractivity contribution is 6.01. The number of benzene rings is 1. The molecule has 0 fully saturated rings. The van der Waals surface area contributed by atoms with Gasteiger partial charge in [0.1, 0.15) is 5.70 Å². The summed E-state index contributed by atoms with van der Waals surface area (Å²) in [4.78, 5) is 32.7. The molecule has 0 heterocycles. The highest BCUT2D eigenvalue weighted by atomic mass is 16.6. The van der Waals surface area contributed by atoms with Gasteiger partial charge in [-0.05, 0) is 12.1 Å². The molecule has 1 aromatic rings. The van der Waals surface area contributed by atoms with E-state index in [4.69, 9.17) is 5.84 Å². The lowest BCUT2D eigenvalue weighted by Crippen LogP contribution is -2.37. The zero-order chi connectivity index (χ0) is 14.4. The molecule has 100 valence electrons. The predicted octanol–water partition coefficient (Wildman–Crippen LogP) is 0.0617. The van der Waals surface area contributed by atoms with Crippen molar-refractivity contribution in [1.82, 2.24) is 10.7 Å². The number of hydrazine groups is 1. The number of hydrogen-bond acceptors (Lipinski definition) is 5. The number of amides is 2. The van der Waals surface area contributed by atoms with Gasteiger partial charge in [-0.1, -0.05) is 12.1 Å². The molecule has 0 spiro atoms. The van der Waals surface area contributed by atoms with Crippen molar-refractivity contribution < 1.29 is 14.5 Å². The Morgan fingerprint density at radius 2 is 2.00 bits per heavy atom. The maximum atomic E-state index is 11.4. The molecule has 0 unspecified atom stereocenters. The molecule has 0 atom stereocenters. The summed E-state index contributed by atoms with van der Waals surface area (Å²) in [5.74, 6) is 3.73. The fourth-order valence-electron chi connectivity index (χ4n) is 1.36. The lowest BCUT2D eigenvalue weighted by atomic mass is 10.1. The van der Waals surface area contributed by atoms with E-state index < -0.39 is 16.7 Å². The van der Waals surface area contributed by atoms with Gasteiger partial charge >= 0.3 is 0 Å². The minimum Gasteiger partial charge on any atom is -0.322 e. The van der Waals surface area contributed by atoms with Crippen molar-refractivity contribution in [2.45, 2.75) is 6.92 Å². The highest BCUT2D eigenvalue weighted by Crippen LogP contribution is 2.20. The number of hydrogen-bond donors (Lipinski definition) is 3. The summed E-state index contributed by atoms with van der Waals surface area (Å²) in [5, 5.41) is 13.1. The molecule has 19 heavy (non-hydrogen) atoms. The number of nitrogens with one attached hydrogen (secondary N) is 2. The minimum absolute atomic E-state index is 0.177. The van der Waals surface area contributed by atoms with Crippen molar-refractivity contribution in [3.63, 3.8) is 0 Å². The monoisotopic (exact) mass is 264 g/mol. The maximum absolute atomic E-state index is 11.4. The van der Waals surface area contributed by atoms with Crippen LogP contribution in [0.5, 0.6) is 0 Å². The smallest absolute Gasteiger partial charge is 0.281 e. The second-order valence-electron chi connectivity index (χ2n) is 3.53. The maximum Gasteiger partial charge on any atom is 0.281 e. The van der Waals surface area contributed by atoms with E-state index in [2.05, 4.69) is 5.32 Å². The second kappa shape index (κ2) is 6.26. The summed E-state index contributed by atoms with van der Waals surface area (Å²) in [6.07, 6.45) is 1.18. The van der Waals surface area contributed by atoms with Crippen LogP contribution in [0.4, 0.5) is 5.69 Å². The Hall–Kier alpha value is -2.74. The van der Waals surface area contributed by atoms with E-state index >= 15 is 0 Å². The van der Waals surface area contributed by atoms with Gasteiger partial charge in [-0.2, -0.15) is 0 Å². The van der Waals surface area contributed by atoms with Crippen LogP contribution in [0.2, 0.25) is 0 Å². The molecule has 1 rings (SSSR count). The topological polar surface area (TPSA) is 127 Å². The average Bonchev–Trinajstić information content (AvgIpc) is 2.36. The third-order valence-corrected chi connectivity index (χ3v) is 2.12. The van der Waals surface area contributed by atoms with Gasteiger partial charge in [0.2, 0.25) is 5.91 Å². The minimum atomic E-state index is -0.756. The molecule has 0 aromatic heterocycles. The molecule has 8 nitrogen and oxygen atoms in total. The van der Waals surface area contributed by atoms with Gasteiger partial charge in [-0.25, -0.2) is 5.84 Å². The Bertz CT molecular complexity index is 553. The molecular formula is C11H12N4O4. The largest absolute Gasteiger partial charge is 0.322 e. The number of carbonyl (C=O) groups excluding carboxylic acids is 2. The third kappa shape index (κ3) is 3.89. The van der Waals surface area contributed by atoms with Crippen LogP contribution < -0.4 is 16.6 Å². The van der Waals surface area contributed by atoms with Crippen molar-refractivity contribution in [2.75, 3.05) is 0 Å². The molecule has 0 aliphatic carbocycles. The molecule has 0 aliphatic heterocycles. The fourth-order valence-corrected chi connectivity index (χ4v) is 1.36. The first-order chi connectivity index (χ1) is 8.95. The molecule has 0 bridgehead atoms. The van der Waals surface area contributed by atoms with Crippen molar-refractivity contribution in [1.29, 1.82) is 0 Å². The van der Waals surface area contributed by atoms with Crippen LogP contribution in [-0.4, -0.2) is 16.7 Å². The third-order valence-electron chi connectivity index (χ3n) is 2.12. The van der Waals surface area contributed by atoms with Crippen LogP contribution in [0.15, 0.2) is 30.0 Å². The average molecular weight is 264 g/mol. The van der Waals surface area contributed by atoms with E-state index in [0.29, 0.717) is 0 Å². The Labute approximate surface area is 108 Å². The van der Waals surface area contributed by atoms with Crippen LogP contribution in [0.1, 0.15) is 12.5 Å². The zero-order valence-electron chi connectivity index (χ0n) is 10.0. The number of nitrogens with two attached hydrogens (primary N) is 1. The summed E-state index contributed by atoms with van der Waals surface area (Å²) in [5.41, 5.74) is 1.67. The zero-order valence-corrected chi connectivity index (χ0v) is 10.0. The van der Waals surface area contributed by atoms with E-state index in [1.54, 1.807) is 6.07 Å². The standard InChI is InChI=1S/C11H12N4O4/c1-7(16)13-9(11(17)14-12)6-8-4-2-3-5-10(8)15(18)19/h2-6H,12H2,1H3,(H,13,16)(H,14,17)/b9-6+. The summed E-state index contributed by atoms with van der Waals surface area (Å²) in [7, 11) is 0. The SMILES string of the molecule is CC(=O)N/C(=C/c1ccccc1[N+](=O)[O-])C(=O)NN. The summed E-state index contributed by atoms with van der Waals surface area (Å²) in [6, 6.07) is 5.81. The number of para-hydroxylation sites is 1. The second-order valence-corrected chi connectivity index (χ2v) is 3.53. The first-order valence-corrected chi connectivity index (χ1v) is 5.19. The quantitative estimate of drug-likeness (QED) is 0.233. The molecule has 0 radical (unpaired) electrons. The predicted molar refractivity (Wildman–Crippen MR) is 67.2 cm³/mol. The van der Waals surface area contributed by atoms with E-state index in [0.717, 1.165) is 0 Å². The fraction of sp³-hybridized carbons (Fsp3) is 0.0909. The summed E-state index contributed by atoms with van der Waals surface area (Å²) in [6.45, 7) is 1.21. The van der Waals surface area contributed by atoms with Crippen molar-refractivity contribution in [3.8, 4) is 0 Å². The van der Waals surface area contributed by atoms with Gasteiger partial charge in [0.05, 0.1) is 10.5 Å². The van der Waals surface area contributed by atoms with Crippen molar-refractivity contribution >= 4 is 23.6 Å². The molecule has 1 aromatic carbocycles. The Balaban J connectivity index is 3.25. The first kappa shape index (κ1) is 14.3. The summed E-state index contributed by atoms with van der Waals surface area (Å²) >= 11 is 0. The van der Waals surface area contributed by atoms with Crippen molar-refractivity contribution in [2.24, 2.45) is 5.84 Å². The van der Waals surface area contributed by atoms with Gasteiger partial charge in [0.15, 0.2) is 0 Å². The van der Waals surface area contributed by atoms with Crippen LogP contribution in [0.3, 0.4) is 0 Å². The highest BCUT2D eigenvalue weighted by Gasteiger charge is 2.15. The Kier molecular flexibility index (Phi) is 4.72. The van der Waals surface area contributed by atoms with Gasteiger partial charge in [0.25, 0.3) is 11.6 Å². The molecule has 8 heteroatoms. The number of nitro benzene ring substituents is 1. The molecule has 2 amide bonds. The number of carbonyl (C=O) groups is 2. The van der Waals surface area contributed by atoms with Crippen LogP contribution >= 0.6 is 0 Å². The first-order valence-electron chi connectivity index (χ1n) is 5.19. The van der Waals surface area contributed by atoms with E-state index in [9.17, 15) is 19.7 Å². The van der Waals surface area contributed by atoms with E-state index in [1.807, 2.05) is 5.43 Å². The molecule has 0 saturated heterocycles. The van der Waals surface area contributed by atoms with Crippen LogP contribution in [0.25, 0.3) is 6.08 Å². The molecule has 0 saturated carbocycles. The van der Waals surface area contributed by atoms with Crippen LogP contribution in [-0.2, 0) is 9.59 Å². The van der Waals surface area contributed by atoms with Crippen molar-refractivity contribution in [3.05, 3.63) is 45.6 Å². The van der Waals surface area contributed by atoms with Gasteiger partial charge in [-0.15, -0.1) is 0 Å². The summed E-state index contributed by atoms with van der Waals surface area (Å²) < 4.78 is 0. The van der Waals surface area contributed by atoms with Gasteiger partial charge in [0, 0.05) is 13.0 Å². The Morgan fingerprint density at radius 1 is 1.37 bits per heavy atom. The van der Waals surface area contributed by atoms with Crippen LogP contribution in [0, 0.1) is 10.1 Å². The number of rotatable bonds is 4. The van der Waals surface area contributed by atoms with E-state index in [1.165, 1.54) is 31.2 Å². The Morgan fingerprint density at radius 3 is 2.53 bits per heavy atom.